The normalized spacial score (nSPS) is 10.8. The Bertz CT molecular complexity index is 1570. The maximum Gasteiger partial charge on any atom is 0.248 e. The van der Waals surface area contributed by atoms with Crippen molar-refractivity contribution in [1.82, 2.24) is 9.55 Å². The Morgan fingerprint density at radius 3 is 1.95 bits per heavy atom. The van der Waals surface area contributed by atoms with Crippen molar-refractivity contribution in [2.24, 2.45) is 5.73 Å². The van der Waals surface area contributed by atoms with Gasteiger partial charge in [0.2, 0.25) is 5.91 Å². The molecule has 0 aliphatic rings. The molecule has 0 bridgehead atoms. The van der Waals surface area contributed by atoms with E-state index < -0.39 is 5.91 Å². The monoisotopic (exact) mass is 503 g/mol. The number of hydrogen-bond acceptors (Lipinski definition) is 4. The predicted octanol–water partition coefficient (Wildman–Crippen LogP) is 6.36. The van der Waals surface area contributed by atoms with Crippen LogP contribution in [-0.2, 0) is 6.54 Å². The van der Waals surface area contributed by atoms with Gasteiger partial charge in [-0.05, 0) is 79.2 Å². The van der Waals surface area contributed by atoms with E-state index in [0.29, 0.717) is 12.1 Å². The van der Waals surface area contributed by atoms with Gasteiger partial charge in [-0.15, -0.1) is 0 Å². The number of primary amides is 1. The van der Waals surface area contributed by atoms with E-state index in [9.17, 15) is 4.79 Å². The maximum atomic E-state index is 11.6. The van der Waals surface area contributed by atoms with Crippen molar-refractivity contribution in [3.8, 4) is 45.4 Å². The number of carbonyl (C=O) groups excluding carboxylic acids is 1. The van der Waals surface area contributed by atoms with Crippen molar-refractivity contribution in [2.45, 2.75) is 13.5 Å². The molecule has 2 N–H and O–H groups in total. The summed E-state index contributed by atoms with van der Waals surface area (Å²) in [6.07, 6.45) is 0. The second kappa shape index (κ2) is 10.6. The first-order valence-corrected chi connectivity index (χ1v) is 12.3. The number of hydrogen-bond donors (Lipinski definition) is 1. The highest BCUT2D eigenvalue weighted by Crippen LogP contribution is 2.38. The largest absolute Gasteiger partial charge is 0.497 e. The lowest BCUT2D eigenvalue weighted by atomic mass is 10.0. The van der Waals surface area contributed by atoms with Crippen LogP contribution in [0.2, 0.25) is 0 Å². The summed E-state index contributed by atoms with van der Waals surface area (Å²) in [6.45, 7) is 2.63. The molecule has 0 aliphatic heterocycles. The number of rotatable bonds is 8. The van der Waals surface area contributed by atoms with Gasteiger partial charge >= 0.3 is 0 Å². The molecule has 0 unspecified atom stereocenters. The summed E-state index contributed by atoms with van der Waals surface area (Å²) in [6, 6.07) is 31.7. The summed E-state index contributed by atoms with van der Waals surface area (Å²) < 4.78 is 13.0. The molecule has 5 aromatic rings. The Morgan fingerprint density at radius 2 is 1.39 bits per heavy atom. The molecule has 6 heteroatoms. The number of aromatic nitrogens is 2. The predicted molar refractivity (Wildman–Crippen MR) is 150 cm³/mol. The smallest absolute Gasteiger partial charge is 0.248 e. The zero-order chi connectivity index (χ0) is 26.6. The standard InChI is InChI=1S/C32H29N3O3/c1-21-5-4-6-26(19-21)32-34-29(23-11-15-27(37-2)16-12-23)30(24-13-17-28(38-3)18-14-24)35(32)20-22-7-9-25(10-8-22)31(33)36/h4-19H,20H2,1-3H3,(H2,33,36). The highest BCUT2D eigenvalue weighted by Gasteiger charge is 2.22. The minimum absolute atomic E-state index is 0.444. The zero-order valence-corrected chi connectivity index (χ0v) is 21.6. The van der Waals surface area contributed by atoms with Gasteiger partial charge in [-0.3, -0.25) is 4.79 Å². The van der Waals surface area contributed by atoms with Gasteiger partial charge in [0.25, 0.3) is 0 Å². The van der Waals surface area contributed by atoms with Crippen LogP contribution < -0.4 is 15.2 Å². The molecule has 0 radical (unpaired) electrons. The van der Waals surface area contributed by atoms with Crippen LogP contribution in [-0.4, -0.2) is 29.7 Å². The van der Waals surface area contributed by atoms with E-state index in [1.165, 1.54) is 0 Å². The second-order valence-corrected chi connectivity index (χ2v) is 9.11. The fourth-order valence-electron chi connectivity index (χ4n) is 4.56. The third-order valence-electron chi connectivity index (χ3n) is 6.55. The van der Waals surface area contributed by atoms with Crippen LogP contribution in [0.4, 0.5) is 0 Å². The van der Waals surface area contributed by atoms with Crippen molar-refractivity contribution < 1.29 is 14.3 Å². The van der Waals surface area contributed by atoms with Crippen LogP contribution >= 0.6 is 0 Å². The number of imidazole rings is 1. The van der Waals surface area contributed by atoms with E-state index in [4.69, 9.17) is 20.2 Å². The number of carbonyl (C=O) groups is 1. The summed E-state index contributed by atoms with van der Waals surface area (Å²) in [7, 11) is 3.32. The number of nitrogens with zero attached hydrogens (tertiary/aromatic N) is 2. The number of ether oxygens (including phenoxy) is 2. The lowest BCUT2D eigenvalue weighted by Gasteiger charge is -2.15. The first kappa shape index (κ1) is 24.8. The average Bonchev–Trinajstić information content (AvgIpc) is 3.32. The molecular formula is C32H29N3O3. The van der Waals surface area contributed by atoms with E-state index in [2.05, 4.69) is 41.8 Å². The molecule has 0 spiro atoms. The van der Waals surface area contributed by atoms with E-state index >= 15 is 0 Å². The summed E-state index contributed by atoms with van der Waals surface area (Å²) in [5.41, 5.74) is 13.0. The van der Waals surface area contributed by atoms with Gasteiger partial charge < -0.3 is 19.8 Å². The Hall–Kier alpha value is -4.84. The Balaban J connectivity index is 1.75. The van der Waals surface area contributed by atoms with Crippen molar-refractivity contribution in [3.05, 3.63) is 114 Å². The van der Waals surface area contributed by atoms with Crippen molar-refractivity contribution in [3.63, 3.8) is 0 Å². The number of benzene rings is 4. The molecule has 4 aromatic carbocycles. The van der Waals surface area contributed by atoms with Crippen LogP contribution in [0, 0.1) is 6.92 Å². The molecule has 38 heavy (non-hydrogen) atoms. The van der Waals surface area contributed by atoms with Gasteiger partial charge in [0.05, 0.1) is 25.6 Å². The van der Waals surface area contributed by atoms with Gasteiger partial charge in [0.1, 0.15) is 17.3 Å². The summed E-state index contributed by atoms with van der Waals surface area (Å²) >= 11 is 0. The summed E-state index contributed by atoms with van der Waals surface area (Å²) in [5, 5.41) is 0. The highest BCUT2D eigenvalue weighted by atomic mass is 16.5. The molecule has 0 saturated heterocycles. The van der Waals surface area contributed by atoms with Crippen LogP contribution in [0.25, 0.3) is 33.9 Å². The number of amides is 1. The molecule has 1 heterocycles. The molecule has 0 atom stereocenters. The van der Waals surface area contributed by atoms with Crippen molar-refractivity contribution in [1.29, 1.82) is 0 Å². The highest BCUT2D eigenvalue weighted by molar-refractivity contribution is 5.92. The van der Waals surface area contributed by atoms with Crippen LogP contribution in [0.1, 0.15) is 21.5 Å². The van der Waals surface area contributed by atoms with Crippen molar-refractivity contribution >= 4 is 5.91 Å². The molecule has 0 aliphatic carbocycles. The minimum atomic E-state index is -0.444. The number of nitrogens with two attached hydrogens (primary N) is 1. The quantitative estimate of drug-likeness (QED) is 0.267. The molecule has 5 rings (SSSR count). The molecule has 190 valence electrons. The van der Waals surface area contributed by atoms with E-state index in [0.717, 1.165) is 56.5 Å². The molecule has 0 fully saturated rings. The Kier molecular flexibility index (Phi) is 6.96. The molecule has 6 nitrogen and oxygen atoms in total. The summed E-state index contributed by atoms with van der Waals surface area (Å²) in [4.78, 5) is 16.9. The lowest BCUT2D eigenvalue weighted by Crippen LogP contribution is -2.11. The van der Waals surface area contributed by atoms with Crippen LogP contribution in [0.5, 0.6) is 11.5 Å². The van der Waals surface area contributed by atoms with Crippen LogP contribution in [0.15, 0.2) is 97.1 Å². The molecule has 0 saturated carbocycles. The fraction of sp³-hybridized carbons (Fsp3) is 0.125. The first-order valence-electron chi connectivity index (χ1n) is 12.3. The van der Waals surface area contributed by atoms with Gasteiger partial charge in [-0.25, -0.2) is 4.98 Å². The Morgan fingerprint density at radius 1 is 0.789 bits per heavy atom. The zero-order valence-electron chi connectivity index (χ0n) is 21.6. The third-order valence-corrected chi connectivity index (χ3v) is 6.55. The molecule has 1 aromatic heterocycles. The van der Waals surface area contributed by atoms with Gasteiger partial charge in [0.15, 0.2) is 0 Å². The van der Waals surface area contributed by atoms with E-state index in [1.54, 1.807) is 26.4 Å². The van der Waals surface area contributed by atoms with Gasteiger partial charge in [0, 0.05) is 28.8 Å². The Labute approximate surface area is 222 Å². The van der Waals surface area contributed by atoms with Gasteiger partial charge in [-0.1, -0.05) is 35.9 Å². The van der Waals surface area contributed by atoms with Crippen molar-refractivity contribution in [2.75, 3.05) is 14.2 Å². The third kappa shape index (κ3) is 5.02. The molecular weight excluding hydrogens is 474 g/mol. The fourth-order valence-corrected chi connectivity index (χ4v) is 4.56. The number of aryl methyl sites for hydroxylation is 1. The minimum Gasteiger partial charge on any atom is -0.497 e. The maximum absolute atomic E-state index is 11.6. The van der Waals surface area contributed by atoms with E-state index in [-0.39, 0.29) is 0 Å². The summed E-state index contributed by atoms with van der Waals surface area (Å²) in [5.74, 6) is 1.98. The molecule has 1 amide bonds. The average molecular weight is 504 g/mol. The van der Waals surface area contributed by atoms with Crippen LogP contribution in [0.3, 0.4) is 0 Å². The van der Waals surface area contributed by atoms with E-state index in [1.807, 2.05) is 54.6 Å². The number of methoxy groups -OCH3 is 2. The SMILES string of the molecule is COc1ccc(-c2nc(-c3cccc(C)c3)n(Cc3ccc(C(N)=O)cc3)c2-c2ccc(OC)cc2)cc1. The lowest BCUT2D eigenvalue weighted by molar-refractivity contribution is 0.100. The van der Waals surface area contributed by atoms with Gasteiger partial charge in [-0.2, -0.15) is 0 Å². The second-order valence-electron chi connectivity index (χ2n) is 9.11. The topological polar surface area (TPSA) is 79.4 Å². The first-order chi connectivity index (χ1) is 18.5.